The minimum absolute atomic E-state index is 0.0948. The number of amides is 2. The number of carboxylic acid groups (broad SMARTS) is 1. The summed E-state index contributed by atoms with van der Waals surface area (Å²) >= 11 is 0. The standard InChI is InChI=1S/C17H23FN2O4/c1-12(2)10-20(11-17(23)24)16(22)9-15(21)19-8-7-13-5-3-4-6-14(13)18/h3-6,12H,7-11H2,1-2H3,(H,19,21)(H,23,24). The minimum atomic E-state index is -1.12. The smallest absolute Gasteiger partial charge is 0.323 e. The molecule has 0 spiro atoms. The molecular formula is C17H23FN2O4. The second-order valence-electron chi connectivity index (χ2n) is 5.93. The van der Waals surface area contributed by atoms with Crippen LogP contribution in [0, 0.1) is 11.7 Å². The van der Waals surface area contributed by atoms with Crippen molar-refractivity contribution in [3.05, 3.63) is 35.6 Å². The van der Waals surface area contributed by atoms with E-state index in [4.69, 9.17) is 5.11 Å². The summed E-state index contributed by atoms with van der Waals surface area (Å²) in [5.41, 5.74) is 0.483. The fraction of sp³-hybridized carbons (Fsp3) is 0.471. The van der Waals surface area contributed by atoms with Crippen LogP contribution in [0.5, 0.6) is 0 Å². The van der Waals surface area contributed by atoms with E-state index >= 15 is 0 Å². The fourth-order valence-electron chi connectivity index (χ4n) is 2.21. The zero-order valence-corrected chi connectivity index (χ0v) is 13.9. The van der Waals surface area contributed by atoms with Gasteiger partial charge in [0.05, 0.1) is 0 Å². The summed E-state index contributed by atoms with van der Waals surface area (Å²) in [4.78, 5) is 35.8. The molecule has 1 rings (SSSR count). The molecule has 0 saturated carbocycles. The Morgan fingerprint density at radius 1 is 1.25 bits per heavy atom. The maximum Gasteiger partial charge on any atom is 0.323 e. The van der Waals surface area contributed by atoms with Gasteiger partial charge in [-0.25, -0.2) is 4.39 Å². The van der Waals surface area contributed by atoms with E-state index in [0.29, 0.717) is 12.0 Å². The van der Waals surface area contributed by atoms with Crippen molar-refractivity contribution < 1.29 is 23.9 Å². The maximum absolute atomic E-state index is 13.4. The van der Waals surface area contributed by atoms with Crippen molar-refractivity contribution in [1.82, 2.24) is 10.2 Å². The van der Waals surface area contributed by atoms with Crippen LogP contribution in [0.15, 0.2) is 24.3 Å². The lowest BCUT2D eigenvalue weighted by molar-refractivity contribution is -0.146. The molecule has 0 aliphatic heterocycles. The topological polar surface area (TPSA) is 86.7 Å². The Morgan fingerprint density at radius 2 is 1.92 bits per heavy atom. The number of carboxylic acids is 1. The Kier molecular flexibility index (Phi) is 7.88. The van der Waals surface area contributed by atoms with E-state index in [0.717, 1.165) is 4.90 Å². The summed E-state index contributed by atoms with van der Waals surface area (Å²) in [5, 5.41) is 11.4. The second-order valence-corrected chi connectivity index (χ2v) is 5.93. The average Bonchev–Trinajstić information content (AvgIpc) is 2.47. The van der Waals surface area contributed by atoms with Crippen molar-refractivity contribution >= 4 is 17.8 Å². The van der Waals surface area contributed by atoms with E-state index in [1.54, 1.807) is 18.2 Å². The van der Waals surface area contributed by atoms with Gasteiger partial charge < -0.3 is 15.3 Å². The second kappa shape index (κ2) is 9.64. The monoisotopic (exact) mass is 338 g/mol. The van der Waals surface area contributed by atoms with Gasteiger partial charge in [0.25, 0.3) is 0 Å². The van der Waals surface area contributed by atoms with Crippen LogP contribution in [0.3, 0.4) is 0 Å². The highest BCUT2D eigenvalue weighted by molar-refractivity contribution is 5.97. The molecule has 1 aromatic rings. The molecule has 0 saturated heterocycles. The summed E-state index contributed by atoms with van der Waals surface area (Å²) in [6, 6.07) is 6.27. The Labute approximate surface area is 140 Å². The minimum Gasteiger partial charge on any atom is -0.480 e. The zero-order valence-electron chi connectivity index (χ0n) is 13.9. The molecule has 0 bridgehead atoms. The van der Waals surface area contributed by atoms with E-state index < -0.39 is 30.7 Å². The molecule has 2 N–H and O–H groups in total. The van der Waals surface area contributed by atoms with Crippen molar-refractivity contribution in [1.29, 1.82) is 0 Å². The quantitative estimate of drug-likeness (QED) is 0.667. The third kappa shape index (κ3) is 7.21. The molecular weight excluding hydrogens is 315 g/mol. The summed E-state index contributed by atoms with van der Waals surface area (Å²) in [7, 11) is 0. The van der Waals surface area contributed by atoms with Gasteiger partial charge in [0, 0.05) is 13.1 Å². The molecule has 6 nitrogen and oxygen atoms in total. The van der Waals surface area contributed by atoms with Crippen LogP contribution in [0.4, 0.5) is 4.39 Å². The van der Waals surface area contributed by atoms with Crippen LogP contribution >= 0.6 is 0 Å². The SMILES string of the molecule is CC(C)CN(CC(=O)O)C(=O)CC(=O)NCCc1ccccc1F. The van der Waals surface area contributed by atoms with E-state index in [1.807, 2.05) is 13.8 Å². The first-order valence-corrected chi connectivity index (χ1v) is 7.79. The molecule has 0 atom stereocenters. The number of nitrogens with zero attached hydrogens (tertiary/aromatic N) is 1. The Balaban J connectivity index is 2.45. The molecule has 0 aromatic heterocycles. The molecule has 0 aliphatic carbocycles. The summed E-state index contributed by atoms with van der Waals surface area (Å²) in [5.74, 6) is -2.40. The number of nitrogens with one attached hydrogen (secondary N) is 1. The summed E-state index contributed by atoms with van der Waals surface area (Å²) < 4.78 is 13.4. The van der Waals surface area contributed by atoms with Crippen LogP contribution in [0.1, 0.15) is 25.8 Å². The highest BCUT2D eigenvalue weighted by Gasteiger charge is 2.20. The normalized spacial score (nSPS) is 10.5. The van der Waals surface area contributed by atoms with Crippen molar-refractivity contribution in [3.63, 3.8) is 0 Å². The number of halogens is 1. The lowest BCUT2D eigenvalue weighted by atomic mass is 10.1. The molecule has 0 unspecified atom stereocenters. The molecule has 0 aliphatic rings. The van der Waals surface area contributed by atoms with Crippen LogP contribution in [-0.4, -0.2) is 47.4 Å². The fourth-order valence-corrected chi connectivity index (χ4v) is 2.21. The van der Waals surface area contributed by atoms with Crippen LogP contribution in [-0.2, 0) is 20.8 Å². The van der Waals surface area contributed by atoms with Gasteiger partial charge in [-0.2, -0.15) is 0 Å². The highest BCUT2D eigenvalue weighted by Crippen LogP contribution is 2.06. The molecule has 24 heavy (non-hydrogen) atoms. The third-order valence-electron chi connectivity index (χ3n) is 3.25. The van der Waals surface area contributed by atoms with Gasteiger partial charge >= 0.3 is 5.97 Å². The molecule has 1 aromatic carbocycles. The van der Waals surface area contributed by atoms with Crippen LogP contribution in [0.2, 0.25) is 0 Å². The van der Waals surface area contributed by atoms with E-state index in [2.05, 4.69) is 5.32 Å². The van der Waals surface area contributed by atoms with E-state index in [-0.39, 0.29) is 24.8 Å². The molecule has 132 valence electrons. The number of hydrogen-bond acceptors (Lipinski definition) is 3. The highest BCUT2D eigenvalue weighted by atomic mass is 19.1. The van der Waals surface area contributed by atoms with Crippen molar-refractivity contribution in [2.45, 2.75) is 26.7 Å². The van der Waals surface area contributed by atoms with Crippen molar-refractivity contribution in [2.75, 3.05) is 19.6 Å². The van der Waals surface area contributed by atoms with Crippen LogP contribution in [0.25, 0.3) is 0 Å². The van der Waals surface area contributed by atoms with Gasteiger partial charge in [0.15, 0.2) is 0 Å². The van der Waals surface area contributed by atoms with Crippen molar-refractivity contribution in [3.8, 4) is 0 Å². The maximum atomic E-state index is 13.4. The lowest BCUT2D eigenvalue weighted by Crippen LogP contribution is -2.41. The predicted molar refractivity (Wildman–Crippen MR) is 86.8 cm³/mol. The van der Waals surface area contributed by atoms with Crippen molar-refractivity contribution in [2.24, 2.45) is 5.92 Å². The first kappa shape index (κ1) is 19.6. The van der Waals surface area contributed by atoms with E-state index in [1.165, 1.54) is 6.07 Å². The Bertz CT molecular complexity index is 590. The number of benzene rings is 1. The van der Waals surface area contributed by atoms with E-state index in [9.17, 15) is 18.8 Å². The largest absolute Gasteiger partial charge is 0.480 e. The summed E-state index contributed by atoms with van der Waals surface area (Å²) in [6.07, 6.45) is -0.102. The first-order valence-electron chi connectivity index (χ1n) is 7.79. The molecule has 0 radical (unpaired) electrons. The number of rotatable bonds is 9. The predicted octanol–water partition coefficient (Wildman–Crippen LogP) is 1.44. The van der Waals surface area contributed by atoms with Gasteiger partial charge in [-0.1, -0.05) is 32.0 Å². The van der Waals surface area contributed by atoms with Gasteiger partial charge in [0.2, 0.25) is 11.8 Å². The molecule has 2 amide bonds. The zero-order chi connectivity index (χ0) is 18.1. The van der Waals surface area contributed by atoms with Crippen LogP contribution < -0.4 is 5.32 Å². The Morgan fingerprint density at radius 3 is 2.50 bits per heavy atom. The molecule has 0 fully saturated rings. The average molecular weight is 338 g/mol. The first-order chi connectivity index (χ1) is 11.3. The number of carbonyl (C=O) groups is 3. The van der Waals surface area contributed by atoms with Gasteiger partial charge in [-0.05, 0) is 24.0 Å². The molecule has 0 heterocycles. The van der Waals surface area contributed by atoms with Gasteiger partial charge in [-0.15, -0.1) is 0 Å². The number of carbonyl (C=O) groups excluding carboxylic acids is 2. The lowest BCUT2D eigenvalue weighted by Gasteiger charge is -2.22. The summed E-state index contributed by atoms with van der Waals surface area (Å²) in [6.45, 7) is 3.76. The van der Waals surface area contributed by atoms with Gasteiger partial charge in [-0.3, -0.25) is 14.4 Å². The Hall–Kier alpha value is -2.44. The number of hydrogen-bond donors (Lipinski definition) is 2. The number of aliphatic carboxylic acids is 1. The molecule has 7 heteroatoms. The van der Waals surface area contributed by atoms with Gasteiger partial charge in [0.1, 0.15) is 18.8 Å². The third-order valence-corrected chi connectivity index (χ3v) is 3.25.